The maximum atomic E-state index is 12.8. The van der Waals surface area contributed by atoms with Gasteiger partial charge >= 0.3 is 0 Å². The second kappa shape index (κ2) is 7.61. The molecule has 1 aliphatic heterocycles. The Hall–Kier alpha value is -2.80. The topological polar surface area (TPSA) is 67.9 Å². The minimum absolute atomic E-state index is 0.262. The number of carbonyl (C=O) groups is 2. The summed E-state index contributed by atoms with van der Waals surface area (Å²) in [5, 5.41) is 5.00. The maximum Gasteiger partial charge on any atom is 0.278 e. The van der Waals surface area contributed by atoms with Crippen LogP contribution in [0.2, 0.25) is 0 Å². The highest BCUT2D eigenvalue weighted by Crippen LogP contribution is 2.35. The summed E-state index contributed by atoms with van der Waals surface area (Å²) in [5.41, 5.74) is 1.34. The monoisotopic (exact) mass is 372 g/mol. The summed E-state index contributed by atoms with van der Waals surface area (Å²) in [7, 11) is 3.11. The van der Waals surface area contributed by atoms with Gasteiger partial charge < -0.3 is 14.8 Å². The number of nitrogens with one attached hydrogen (secondary N) is 1. The van der Waals surface area contributed by atoms with Crippen LogP contribution >= 0.6 is 11.3 Å². The summed E-state index contributed by atoms with van der Waals surface area (Å²) in [5.74, 6) is 0.558. The van der Waals surface area contributed by atoms with Crippen molar-refractivity contribution in [1.29, 1.82) is 0 Å². The van der Waals surface area contributed by atoms with Gasteiger partial charge in [-0.15, -0.1) is 11.3 Å². The lowest BCUT2D eigenvalue weighted by molar-refractivity contribution is -0.136. The van der Waals surface area contributed by atoms with Crippen LogP contribution in [0.3, 0.4) is 0 Å². The van der Waals surface area contributed by atoms with E-state index in [9.17, 15) is 9.59 Å². The Labute approximate surface area is 156 Å². The van der Waals surface area contributed by atoms with Gasteiger partial charge in [-0.25, -0.2) is 0 Å². The Morgan fingerprint density at radius 1 is 1.08 bits per heavy atom. The third-order valence-electron chi connectivity index (χ3n) is 4.04. The number of imide groups is 1. The number of ether oxygens (including phenoxy) is 2. The van der Waals surface area contributed by atoms with E-state index in [-0.39, 0.29) is 17.5 Å². The molecule has 2 heterocycles. The lowest BCUT2D eigenvalue weighted by Gasteiger charge is -2.14. The number of methoxy groups -OCH3 is 2. The number of hydrogen-bond donors (Lipinski definition) is 1. The molecule has 6 nitrogen and oxygen atoms in total. The number of carbonyl (C=O) groups excluding carboxylic acids is 2. The third-order valence-corrected chi connectivity index (χ3v) is 4.92. The molecular formula is C19H20N2O4S. The van der Waals surface area contributed by atoms with Crippen molar-refractivity contribution in [2.75, 3.05) is 26.1 Å². The van der Waals surface area contributed by atoms with Crippen LogP contribution in [-0.2, 0) is 9.59 Å². The van der Waals surface area contributed by atoms with Crippen LogP contribution < -0.4 is 14.8 Å². The first-order valence-electron chi connectivity index (χ1n) is 8.24. The molecule has 2 amide bonds. The van der Waals surface area contributed by atoms with Crippen LogP contribution in [0.5, 0.6) is 11.5 Å². The second-order valence-electron chi connectivity index (χ2n) is 5.68. The standard InChI is InChI=1S/C19H20N2O4S/c1-4-9-21-18(22)16(15-6-5-10-26-15)17(19(21)23)20-12-7-8-13(24-2)14(11-12)25-3/h5-8,10-11,20H,4,9H2,1-3H3. The van der Waals surface area contributed by atoms with E-state index < -0.39 is 0 Å². The molecule has 136 valence electrons. The van der Waals surface area contributed by atoms with Crippen molar-refractivity contribution in [3.05, 3.63) is 46.3 Å². The molecule has 1 aromatic carbocycles. The molecule has 1 aliphatic rings. The van der Waals surface area contributed by atoms with E-state index in [2.05, 4.69) is 5.32 Å². The van der Waals surface area contributed by atoms with Gasteiger partial charge in [-0.1, -0.05) is 13.0 Å². The van der Waals surface area contributed by atoms with Crippen molar-refractivity contribution in [3.8, 4) is 11.5 Å². The summed E-state index contributed by atoms with van der Waals surface area (Å²) < 4.78 is 10.5. The first-order valence-corrected chi connectivity index (χ1v) is 9.12. The van der Waals surface area contributed by atoms with Gasteiger partial charge in [0, 0.05) is 23.2 Å². The Balaban J connectivity index is 2.02. The SMILES string of the molecule is CCCN1C(=O)C(Nc2ccc(OC)c(OC)c2)=C(c2cccs2)C1=O. The van der Waals surface area contributed by atoms with Crippen LogP contribution in [0.4, 0.5) is 5.69 Å². The zero-order valence-corrected chi connectivity index (χ0v) is 15.7. The Bertz CT molecular complexity index is 858. The van der Waals surface area contributed by atoms with E-state index in [0.717, 1.165) is 4.88 Å². The van der Waals surface area contributed by atoms with Gasteiger partial charge in [-0.2, -0.15) is 0 Å². The van der Waals surface area contributed by atoms with Crippen LogP contribution in [0, 0.1) is 0 Å². The normalized spacial score (nSPS) is 14.2. The van der Waals surface area contributed by atoms with E-state index in [1.165, 1.54) is 16.2 Å². The molecule has 0 bridgehead atoms. The highest BCUT2D eigenvalue weighted by Gasteiger charge is 2.39. The van der Waals surface area contributed by atoms with Crippen LogP contribution in [-0.4, -0.2) is 37.5 Å². The van der Waals surface area contributed by atoms with Gasteiger partial charge in [0.15, 0.2) is 11.5 Å². The highest BCUT2D eigenvalue weighted by atomic mass is 32.1. The molecule has 0 fully saturated rings. The van der Waals surface area contributed by atoms with Crippen LogP contribution in [0.1, 0.15) is 18.2 Å². The van der Waals surface area contributed by atoms with Gasteiger partial charge in [0.05, 0.1) is 19.8 Å². The number of amides is 2. The largest absolute Gasteiger partial charge is 0.493 e. The zero-order valence-electron chi connectivity index (χ0n) is 14.9. The predicted molar refractivity (Wildman–Crippen MR) is 101 cm³/mol. The molecule has 0 spiro atoms. The minimum atomic E-state index is -0.310. The molecular weight excluding hydrogens is 352 g/mol. The predicted octanol–water partition coefficient (Wildman–Crippen LogP) is 3.37. The van der Waals surface area contributed by atoms with E-state index in [4.69, 9.17) is 9.47 Å². The van der Waals surface area contributed by atoms with Crippen molar-refractivity contribution in [3.63, 3.8) is 0 Å². The number of rotatable bonds is 7. The van der Waals surface area contributed by atoms with Gasteiger partial charge in [-0.05, 0) is 30.0 Å². The average Bonchev–Trinajstić information content (AvgIpc) is 3.25. The molecule has 26 heavy (non-hydrogen) atoms. The Morgan fingerprint density at radius 3 is 2.46 bits per heavy atom. The molecule has 0 saturated heterocycles. The fraction of sp³-hybridized carbons (Fsp3) is 0.263. The van der Waals surface area contributed by atoms with Gasteiger partial charge in [0.2, 0.25) is 0 Å². The molecule has 0 aliphatic carbocycles. The van der Waals surface area contributed by atoms with E-state index in [0.29, 0.717) is 35.7 Å². The van der Waals surface area contributed by atoms with Crippen molar-refractivity contribution >= 4 is 34.4 Å². The van der Waals surface area contributed by atoms with Crippen molar-refractivity contribution in [2.45, 2.75) is 13.3 Å². The number of thiophene rings is 1. The third kappa shape index (κ3) is 3.17. The Morgan fingerprint density at radius 2 is 1.85 bits per heavy atom. The average molecular weight is 372 g/mol. The van der Waals surface area contributed by atoms with Gasteiger partial charge in [0.25, 0.3) is 11.8 Å². The number of hydrogen-bond acceptors (Lipinski definition) is 6. The summed E-state index contributed by atoms with van der Waals surface area (Å²) >= 11 is 1.43. The summed E-state index contributed by atoms with van der Waals surface area (Å²) in [6.07, 6.45) is 0.707. The lowest BCUT2D eigenvalue weighted by Crippen LogP contribution is -2.33. The zero-order chi connectivity index (χ0) is 18.7. The molecule has 7 heteroatoms. The first-order chi connectivity index (χ1) is 12.6. The van der Waals surface area contributed by atoms with Gasteiger partial charge in [0.1, 0.15) is 5.70 Å². The lowest BCUT2D eigenvalue weighted by atomic mass is 10.2. The highest BCUT2D eigenvalue weighted by molar-refractivity contribution is 7.11. The van der Waals surface area contributed by atoms with Gasteiger partial charge in [-0.3, -0.25) is 14.5 Å². The summed E-state index contributed by atoms with van der Waals surface area (Å²) in [6, 6.07) is 8.97. The molecule has 0 saturated carbocycles. The first kappa shape index (κ1) is 18.0. The number of anilines is 1. The fourth-order valence-corrected chi connectivity index (χ4v) is 3.59. The van der Waals surface area contributed by atoms with Crippen LogP contribution in [0.25, 0.3) is 5.57 Å². The minimum Gasteiger partial charge on any atom is -0.493 e. The number of nitrogens with zero attached hydrogens (tertiary/aromatic N) is 1. The second-order valence-corrected chi connectivity index (χ2v) is 6.63. The number of benzene rings is 1. The van der Waals surface area contributed by atoms with Crippen molar-refractivity contribution < 1.29 is 19.1 Å². The Kier molecular flexibility index (Phi) is 5.27. The molecule has 1 N–H and O–H groups in total. The quantitative estimate of drug-likeness (QED) is 0.755. The smallest absolute Gasteiger partial charge is 0.278 e. The molecule has 2 aromatic rings. The van der Waals surface area contributed by atoms with E-state index >= 15 is 0 Å². The molecule has 3 rings (SSSR count). The molecule has 1 aromatic heterocycles. The fourth-order valence-electron chi connectivity index (χ4n) is 2.83. The van der Waals surface area contributed by atoms with E-state index in [1.807, 2.05) is 24.4 Å². The van der Waals surface area contributed by atoms with Crippen molar-refractivity contribution in [1.82, 2.24) is 4.90 Å². The molecule has 0 radical (unpaired) electrons. The van der Waals surface area contributed by atoms with E-state index in [1.54, 1.807) is 32.4 Å². The molecule has 0 unspecified atom stereocenters. The maximum absolute atomic E-state index is 12.8. The summed E-state index contributed by atoms with van der Waals surface area (Å²) in [4.78, 5) is 27.7. The molecule has 0 atom stereocenters. The van der Waals surface area contributed by atoms with Crippen molar-refractivity contribution in [2.24, 2.45) is 0 Å². The van der Waals surface area contributed by atoms with Crippen LogP contribution in [0.15, 0.2) is 41.4 Å². The summed E-state index contributed by atoms with van der Waals surface area (Å²) in [6.45, 7) is 2.33.